The molecule has 0 fully saturated rings. The zero-order chi connectivity index (χ0) is 12.5. The predicted octanol–water partition coefficient (Wildman–Crippen LogP) is 3.93. The van der Waals surface area contributed by atoms with Crippen LogP contribution in [-0.4, -0.2) is 6.17 Å². The molecule has 0 spiro atoms. The molecule has 0 amide bonds. The van der Waals surface area contributed by atoms with Crippen molar-refractivity contribution < 1.29 is 8.78 Å². The van der Waals surface area contributed by atoms with Gasteiger partial charge in [0.05, 0.1) is 17.5 Å². The van der Waals surface area contributed by atoms with Crippen LogP contribution in [0.2, 0.25) is 0 Å². The number of halogens is 2. The van der Waals surface area contributed by atoms with Gasteiger partial charge < -0.3 is 10.6 Å². The Morgan fingerprint density at radius 2 is 2.00 bits per heavy atom. The second-order valence-corrected chi connectivity index (χ2v) is 4.29. The zero-order valence-corrected chi connectivity index (χ0v) is 9.93. The van der Waals surface area contributed by atoms with Gasteiger partial charge in [-0.1, -0.05) is 18.2 Å². The van der Waals surface area contributed by atoms with E-state index in [1.165, 1.54) is 12.1 Å². The molecule has 2 N–H and O–H groups in total. The molecule has 1 unspecified atom stereocenters. The van der Waals surface area contributed by atoms with Crippen molar-refractivity contribution in [1.82, 2.24) is 0 Å². The molecule has 1 aromatic carbocycles. The first kappa shape index (κ1) is 11.9. The highest BCUT2D eigenvalue weighted by atomic mass is 19.3. The molecule has 2 rings (SSSR count). The zero-order valence-electron chi connectivity index (χ0n) is 9.93. The van der Waals surface area contributed by atoms with Gasteiger partial charge in [0.15, 0.2) is 0 Å². The fourth-order valence-electron chi connectivity index (χ4n) is 1.86. The molecule has 0 saturated carbocycles. The van der Waals surface area contributed by atoms with Gasteiger partial charge in [-0.2, -0.15) is 0 Å². The third-order valence-corrected chi connectivity index (χ3v) is 2.79. The van der Waals surface area contributed by atoms with Crippen LogP contribution in [0.1, 0.15) is 25.8 Å². The van der Waals surface area contributed by atoms with Crippen molar-refractivity contribution in [1.29, 1.82) is 0 Å². The van der Waals surface area contributed by atoms with E-state index in [0.29, 0.717) is 0 Å². The molecule has 17 heavy (non-hydrogen) atoms. The normalized spacial score (nSPS) is 18.9. The minimum atomic E-state index is -2.79. The highest BCUT2D eigenvalue weighted by molar-refractivity contribution is 5.75. The summed E-state index contributed by atoms with van der Waals surface area (Å²) in [6, 6.07) is 4.67. The number of alkyl halides is 2. The molecule has 1 aliphatic heterocycles. The highest BCUT2D eigenvalue weighted by Crippen LogP contribution is 2.36. The predicted molar refractivity (Wildman–Crippen MR) is 66.5 cm³/mol. The number of fused-ring (bicyclic) bond motifs is 1. The van der Waals surface area contributed by atoms with Crippen molar-refractivity contribution >= 4 is 11.4 Å². The van der Waals surface area contributed by atoms with Gasteiger partial charge in [-0.15, -0.1) is 0 Å². The SMILES string of the molecule is C/C=C\CC1Nc2ccc(C(C)(F)F)cc2N1. The molecular formula is C13H16F2N2. The number of anilines is 2. The largest absolute Gasteiger partial charge is 0.363 e. The summed E-state index contributed by atoms with van der Waals surface area (Å²) >= 11 is 0. The van der Waals surface area contributed by atoms with Crippen molar-refractivity contribution in [3.63, 3.8) is 0 Å². The molecule has 0 saturated heterocycles. The van der Waals surface area contributed by atoms with E-state index in [1.54, 1.807) is 6.07 Å². The van der Waals surface area contributed by atoms with Crippen LogP contribution in [0.15, 0.2) is 30.4 Å². The van der Waals surface area contributed by atoms with Crippen LogP contribution in [-0.2, 0) is 5.92 Å². The van der Waals surface area contributed by atoms with Gasteiger partial charge in [0, 0.05) is 18.9 Å². The van der Waals surface area contributed by atoms with Gasteiger partial charge in [0.25, 0.3) is 5.92 Å². The maximum Gasteiger partial charge on any atom is 0.270 e. The first-order chi connectivity index (χ1) is 8.00. The molecule has 1 aliphatic rings. The molecule has 2 nitrogen and oxygen atoms in total. The van der Waals surface area contributed by atoms with Gasteiger partial charge in [-0.05, 0) is 19.1 Å². The third-order valence-electron chi connectivity index (χ3n) is 2.79. The number of allylic oxidation sites excluding steroid dienone is 1. The minimum Gasteiger partial charge on any atom is -0.363 e. The molecule has 92 valence electrons. The van der Waals surface area contributed by atoms with Gasteiger partial charge in [0.2, 0.25) is 0 Å². The van der Waals surface area contributed by atoms with Crippen LogP contribution in [0.5, 0.6) is 0 Å². The Labute approximate surface area is 99.7 Å². The van der Waals surface area contributed by atoms with Crippen LogP contribution in [0, 0.1) is 0 Å². The quantitative estimate of drug-likeness (QED) is 0.780. The monoisotopic (exact) mass is 238 g/mol. The minimum absolute atomic E-state index is 0.0391. The lowest BCUT2D eigenvalue weighted by atomic mass is 10.1. The third kappa shape index (κ3) is 2.57. The van der Waals surface area contributed by atoms with Crippen molar-refractivity contribution in [3.8, 4) is 0 Å². The molecule has 1 heterocycles. The summed E-state index contributed by atoms with van der Waals surface area (Å²) in [5.74, 6) is -2.79. The standard InChI is InChI=1S/C13H16F2N2/c1-3-4-5-12-16-10-7-6-9(13(2,14)15)8-11(10)17-12/h3-4,6-8,12,16-17H,5H2,1-2H3/b4-3-. The van der Waals surface area contributed by atoms with Crippen molar-refractivity contribution in [2.24, 2.45) is 0 Å². The van der Waals surface area contributed by atoms with Crippen molar-refractivity contribution in [2.45, 2.75) is 32.4 Å². The summed E-state index contributed by atoms with van der Waals surface area (Å²) in [7, 11) is 0. The van der Waals surface area contributed by atoms with E-state index < -0.39 is 5.92 Å². The summed E-state index contributed by atoms with van der Waals surface area (Å²) < 4.78 is 26.3. The topological polar surface area (TPSA) is 24.1 Å². The highest BCUT2D eigenvalue weighted by Gasteiger charge is 2.27. The number of hydrogen-bond acceptors (Lipinski definition) is 2. The van der Waals surface area contributed by atoms with E-state index in [2.05, 4.69) is 10.6 Å². The maximum absolute atomic E-state index is 13.2. The molecular weight excluding hydrogens is 222 g/mol. The van der Waals surface area contributed by atoms with Crippen molar-refractivity contribution in [2.75, 3.05) is 10.6 Å². The van der Waals surface area contributed by atoms with Gasteiger partial charge >= 0.3 is 0 Å². The maximum atomic E-state index is 13.2. The van der Waals surface area contributed by atoms with E-state index in [1.807, 2.05) is 19.1 Å². The Balaban J connectivity index is 2.16. The average molecular weight is 238 g/mol. The fourth-order valence-corrected chi connectivity index (χ4v) is 1.86. The van der Waals surface area contributed by atoms with Crippen LogP contribution in [0.4, 0.5) is 20.2 Å². The number of nitrogens with one attached hydrogen (secondary N) is 2. The number of rotatable bonds is 3. The lowest BCUT2D eigenvalue weighted by molar-refractivity contribution is 0.0175. The Morgan fingerprint density at radius 1 is 1.29 bits per heavy atom. The number of benzene rings is 1. The smallest absolute Gasteiger partial charge is 0.270 e. The van der Waals surface area contributed by atoms with Crippen LogP contribution in [0.3, 0.4) is 0 Å². The second kappa shape index (κ2) is 4.35. The summed E-state index contributed by atoms with van der Waals surface area (Å²) in [6.45, 7) is 2.87. The van der Waals surface area contributed by atoms with Gasteiger partial charge in [-0.3, -0.25) is 0 Å². The summed E-state index contributed by atoms with van der Waals surface area (Å²) in [6.07, 6.45) is 4.91. The first-order valence-electron chi connectivity index (χ1n) is 5.67. The fraction of sp³-hybridized carbons (Fsp3) is 0.385. The van der Waals surface area contributed by atoms with Gasteiger partial charge in [-0.25, -0.2) is 8.78 Å². The summed E-state index contributed by atoms with van der Waals surface area (Å²) in [4.78, 5) is 0. The molecule has 1 aromatic rings. The summed E-state index contributed by atoms with van der Waals surface area (Å²) in [5.41, 5.74) is 1.67. The van der Waals surface area contributed by atoms with E-state index in [4.69, 9.17) is 0 Å². The molecule has 1 atom stereocenters. The van der Waals surface area contributed by atoms with Crippen molar-refractivity contribution in [3.05, 3.63) is 35.9 Å². The molecule has 0 bridgehead atoms. The average Bonchev–Trinajstić information content (AvgIpc) is 2.66. The molecule has 0 radical (unpaired) electrons. The summed E-state index contributed by atoms with van der Waals surface area (Å²) in [5, 5.41) is 6.43. The Morgan fingerprint density at radius 3 is 2.65 bits per heavy atom. The molecule has 0 aliphatic carbocycles. The van der Waals surface area contributed by atoms with E-state index in [0.717, 1.165) is 24.7 Å². The van der Waals surface area contributed by atoms with E-state index >= 15 is 0 Å². The molecule has 4 heteroatoms. The van der Waals surface area contributed by atoms with E-state index in [-0.39, 0.29) is 11.7 Å². The molecule has 0 aromatic heterocycles. The van der Waals surface area contributed by atoms with E-state index in [9.17, 15) is 8.78 Å². The first-order valence-corrected chi connectivity index (χ1v) is 5.67. The Hall–Kier alpha value is -1.58. The van der Waals surface area contributed by atoms with Crippen LogP contribution in [0.25, 0.3) is 0 Å². The Kier molecular flexibility index (Phi) is 3.05. The lowest BCUT2D eigenvalue weighted by Crippen LogP contribution is -2.20. The number of hydrogen-bond donors (Lipinski definition) is 2. The lowest BCUT2D eigenvalue weighted by Gasteiger charge is -2.11. The Bertz CT molecular complexity index is 436. The van der Waals surface area contributed by atoms with Crippen LogP contribution >= 0.6 is 0 Å². The second-order valence-electron chi connectivity index (χ2n) is 4.29. The van der Waals surface area contributed by atoms with Crippen LogP contribution < -0.4 is 10.6 Å². The van der Waals surface area contributed by atoms with Gasteiger partial charge in [0.1, 0.15) is 0 Å².